The molecule has 0 bridgehead atoms. The van der Waals surface area contributed by atoms with Gasteiger partial charge in [0.2, 0.25) is 0 Å². The summed E-state index contributed by atoms with van der Waals surface area (Å²) in [5.41, 5.74) is 7.63. The van der Waals surface area contributed by atoms with Gasteiger partial charge >= 0.3 is 0 Å². The number of rotatable bonds is 8. The number of aliphatic hydroxyl groups excluding tert-OH is 2. The Labute approximate surface area is 373 Å². The average Bonchev–Trinajstić information content (AvgIpc) is 3.47. The number of phenolic OH excluding ortho intramolecular Hbond substituents is 1. The van der Waals surface area contributed by atoms with Crippen LogP contribution in [0.3, 0.4) is 0 Å². The minimum atomic E-state index is -0.758. The number of fused-ring (bicyclic) bond motifs is 6. The second kappa shape index (κ2) is 16.5. The van der Waals surface area contributed by atoms with Gasteiger partial charge in [0, 0.05) is 24.5 Å². The number of carbonyl (C=O) groups is 1. The minimum absolute atomic E-state index is 0.0465. The van der Waals surface area contributed by atoms with E-state index < -0.39 is 17.3 Å². The maximum atomic E-state index is 13.1. The number of allylic oxidation sites excluding steroid dienone is 4. The van der Waals surface area contributed by atoms with Crippen molar-refractivity contribution in [3.63, 3.8) is 0 Å². The summed E-state index contributed by atoms with van der Waals surface area (Å²) in [4.78, 5) is 13.1. The van der Waals surface area contributed by atoms with E-state index in [0.29, 0.717) is 57.0 Å². The van der Waals surface area contributed by atoms with Crippen molar-refractivity contribution >= 4 is 11.9 Å². The molecule has 0 saturated heterocycles. The number of carbonyl (C=O) groups excluding carboxylic acids is 1. The fourth-order valence-corrected chi connectivity index (χ4v) is 13.5. The fraction of sp³-hybridized carbons (Fsp3) is 0.655. The van der Waals surface area contributed by atoms with Crippen LogP contribution in [0.5, 0.6) is 23.0 Å². The number of aliphatic hydroxyl groups is 2. The Hall–Kier alpha value is -3.55. The van der Waals surface area contributed by atoms with Crippen LogP contribution in [0, 0.1) is 39.4 Å². The number of Topliss-reactive ketones (excluding diaryl/α,β-unsaturated/α-hetero) is 1. The summed E-state index contributed by atoms with van der Waals surface area (Å²) in [5.74, 6) is 3.70. The predicted octanol–water partition coefficient (Wildman–Crippen LogP) is 12.6. The van der Waals surface area contributed by atoms with Crippen LogP contribution in [-0.2, 0) is 12.8 Å². The van der Waals surface area contributed by atoms with Gasteiger partial charge in [-0.15, -0.1) is 0 Å². The third kappa shape index (κ3) is 7.98. The number of aromatic hydroxyl groups is 1. The van der Waals surface area contributed by atoms with E-state index >= 15 is 0 Å². The van der Waals surface area contributed by atoms with Gasteiger partial charge in [-0.3, -0.25) is 4.79 Å². The molecule has 0 amide bonds. The lowest BCUT2D eigenvalue weighted by Crippen LogP contribution is -2.55. The van der Waals surface area contributed by atoms with Crippen molar-refractivity contribution in [3.05, 3.63) is 75.4 Å². The molecule has 8 atom stereocenters. The standard InChI is InChI=1S/C30H50O.C25H28O6/c1-20(2)10-9-11-21(3)22-14-18-30(8)24-12-13-25-27(4,5)26(31)16-17-28(25,6)23(24)15-19-29(22,30)7;1-24(2)9-8-16-20(30-24)7-6-14(23(16)29-5)11-18(26)17-10-15-12-22(28)25(3,4)31-21(15)13-19(17)27/h10,21-22,25-26,31H,9,11-19H2,1-8H3;6-10,13,22,27-28H,11-12H2,1-5H3. The van der Waals surface area contributed by atoms with E-state index in [9.17, 15) is 20.1 Å². The topological polar surface area (TPSA) is 105 Å². The monoisotopic (exact) mass is 851 g/mol. The van der Waals surface area contributed by atoms with Gasteiger partial charge < -0.3 is 29.5 Å². The highest BCUT2D eigenvalue weighted by atomic mass is 16.5. The lowest BCUT2D eigenvalue weighted by molar-refractivity contribution is -0.0962. The van der Waals surface area contributed by atoms with Crippen LogP contribution in [0.4, 0.5) is 0 Å². The number of ether oxygens (including phenoxy) is 3. The molecule has 0 radical (unpaired) electrons. The molecule has 4 aliphatic carbocycles. The van der Waals surface area contributed by atoms with E-state index in [4.69, 9.17) is 14.2 Å². The molecule has 2 aliphatic heterocycles. The molecule has 2 aromatic carbocycles. The van der Waals surface area contributed by atoms with Crippen LogP contribution in [0.15, 0.2) is 53.1 Å². The lowest BCUT2D eigenvalue weighted by Gasteiger charge is -2.62. The molecule has 3 N–H and O–H groups in total. The van der Waals surface area contributed by atoms with Gasteiger partial charge in [-0.05, 0) is 175 Å². The van der Waals surface area contributed by atoms with Gasteiger partial charge in [-0.2, -0.15) is 0 Å². The van der Waals surface area contributed by atoms with E-state index in [0.717, 1.165) is 23.8 Å². The molecule has 340 valence electrons. The van der Waals surface area contributed by atoms with E-state index in [1.165, 1.54) is 69.4 Å². The van der Waals surface area contributed by atoms with Crippen molar-refractivity contribution in [1.82, 2.24) is 0 Å². The highest BCUT2D eigenvalue weighted by Crippen LogP contribution is 2.72. The third-order valence-corrected chi connectivity index (χ3v) is 17.5. The lowest BCUT2D eigenvalue weighted by atomic mass is 9.43. The zero-order valence-corrected chi connectivity index (χ0v) is 40.4. The maximum absolute atomic E-state index is 13.1. The van der Waals surface area contributed by atoms with Crippen LogP contribution in [0.25, 0.3) is 6.08 Å². The molecule has 8 unspecified atom stereocenters. The van der Waals surface area contributed by atoms with Gasteiger partial charge in [0.15, 0.2) is 5.78 Å². The van der Waals surface area contributed by atoms with E-state index in [2.05, 4.69) is 61.5 Å². The molecular formula is C55H78O7. The summed E-state index contributed by atoms with van der Waals surface area (Å²) in [6.07, 6.45) is 18.8. The molecule has 8 rings (SSSR count). The number of hydrogen-bond acceptors (Lipinski definition) is 7. The molecule has 2 heterocycles. The zero-order chi connectivity index (χ0) is 45.4. The van der Waals surface area contributed by atoms with Gasteiger partial charge in [0.05, 0.1) is 30.4 Å². The van der Waals surface area contributed by atoms with Crippen molar-refractivity contribution in [2.24, 2.45) is 39.4 Å². The summed E-state index contributed by atoms with van der Waals surface area (Å²) < 4.78 is 17.4. The van der Waals surface area contributed by atoms with E-state index in [1.54, 1.807) is 27.0 Å². The Balaban J connectivity index is 0.000000186. The van der Waals surface area contributed by atoms with Crippen LogP contribution in [-0.4, -0.2) is 51.6 Å². The fourth-order valence-electron chi connectivity index (χ4n) is 13.5. The molecular weight excluding hydrogens is 773 g/mol. The first kappa shape index (κ1) is 46.4. The maximum Gasteiger partial charge on any atom is 0.171 e. The molecule has 7 heteroatoms. The predicted molar refractivity (Wildman–Crippen MR) is 250 cm³/mol. The van der Waals surface area contributed by atoms with Crippen molar-refractivity contribution in [1.29, 1.82) is 0 Å². The largest absolute Gasteiger partial charge is 0.507 e. The van der Waals surface area contributed by atoms with E-state index in [1.807, 2.05) is 49.3 Å². The van der Waals surface area contributed by atoms with Crippen molar-refractivity contribution < 1.29 is 34.3 Å². The molecule has 62 heavy (non-hydrogen) atoms. The van der Waals surface area contributed by atoms with Gasteiger partial charge in [-0.1, -0.05) is 70.4 Å². The first-order chi connectivity index (χ1) is 28.9. The van der Waals surface area contributed by atoms with Crippen molar-refractivity contribution in [2.45, 2.75) is 184 Å². The van der Waals surface area contributed by atoms with Crippen LogP contribution in [0.1, 0.15) is 174 Å². The highest BCUT2D eigenvalue weighted by molar-refractivity contribution is 6.01. The molecule has 6 aliphatic rings. The number of benzene rings is 2. The van der Waals surface area contributed by atoms with Gasteiger partial charge in [0.1, 0.15) is 34.2 Å². The third-order valence-electron chi connectivity index (χ3n) is 17.5. The number of ketones is 1. The molecule has 2 saturated carbocycles. The van der Waals surface area contributed by atoms with Gasteiger partial charge in [0.25, 0.3) is 0 Å². The first-order valence-corrected chi connectivity index (χ1v) is 23.8. The van der Waals surface area contributed by atoms with Crippen molar-refractivity contribution in [3.8, 4) is 23.0 Å². The molecule has 2 aromatic rings. The Kier molecular flexibility index (Phi) is 12.3. The second-order valence-electron chi connectivity index (χ2n) is 22.8. The Morgan fingerprint density at radius 3 is 2.31 bits per heavy atom. The van der Waals surface area contributed by atoms with Gasteiger partial charge in [-0.25, -0.2) is 0 Å². The Morgan fingerprint density at radius 2 is 1.61 bits per heavy atom. The number of methoxy groups -OCH3 is 1. The summed E-state index contributed by atoms with van der Waals surface area (Å²) in [6.45, 7) is 27.1. The quantitative estimate of drug-likeness (QED) is 0.179. The molecule has 7 nitrogen and oxygen atoms in total. The number of hydrogen-bond donors (Lipinski definition) is 3. The zero-order valence-electron chi connectivity index (χ0n) is 40.4. The summed E-state index contributed by atoms with van der Waals surface area (Å²) >= 11 is 0. The van der Waals surface area contributed by atoms with E-state index in [-0.39, 0.29) is 35.0 Å². The molecule has 2 fully saturated rings. The SMILES string of the molecule is CC(C)=CCCC(C)C1CCC2(C)C3=C(CCC12C)C1(C)CCC(O)C(C)(C)C1CC3.COc1c(CC(=O)c2cc3c(cc2O)OC(C)(C)C(O)C3)ccc2c1C=CC(C)(C)O2. The summed E-state index contributed by atoms with van der Waals surface area (Å²) in [6, 6.07) is 6.72. The van der Waals surface area contributed by atoms with Crippen LogP contribution < -0.4 is 14.2 Å². The number of phenols is 1. The highest BCUT2D eigenvalue weighted by Gasteiger charge is 2.63. The summed E-state index contributed by atoms with van der Waals surface area (Å²) in [5, 5.41) is 31.6. The second-order valence-corrected chi connectivity index (χ2v) is 22.8. The Morgan fingerprint density at radius 1 is 0.887 bits per heavy atom. The van der Waals surface area contributed by atoms with Crippen LogP contribution >= 0.6 is 0 Å². The molecule has 0 spiro atoms. The first-order valence-electron chi connectivity index (χ1n) is 23.8. The Bertz CT molecular complexity index is 2150. The molecule has 0 aromatic heterocycles. The van der Waals surface area contributed by atoms with Crippen LogP contribution in [0.2, 0.25) is 0 Å². The minimum Gasteiger partial charge on any atom is -0.507 e. The average molecular weight is 851 g/mol. The smallest absolute Gasteiger partial charge is 0.171 e. The van der Waals surface area contributed by atoms with Crippen molar-refractivity contribution in [2.75, 3.05) is 7.11 Å². The normalized spacial score (nSPS) is 32.5. The summed E-state index contributed by atoms with van der Waals surface area (Å²) in [7, 11) is 1.56.